The number of benzene rings is 2. The number of nitrogens with zero attached hydrogens (tertiary/aromatic N) is 3. The Labute approximate surface area is 162 Å². The summed E-state index contributed by atoms with van der Waals surface area (Å²) in [6.45, 7) is 3.26. The second-order valence-corrected chi connectivity index (χ2v) is 7.51. The molecule has 0 radical (unpaired) electrons. The predicted octanol–water partition coefficient (Wildman–Crippen LogP) is 3.52. The van der Waals surface area contributed by atoms with Gasteiger partial charge in [0.2, 0.25) is 0 Å². The summed E-state index contributed by atoms with van der Waals surface area (Å²) >= 11 is 6.13. The van der Waals surface area contributed by atoms with Crippen molar-refractivity contribution in [2.75, 3.05) is 19.6 Å². The van der Waals surface area contributed by atoms with Gasteiger partial charge in [-0.1, -0.05) is 35.9 Å². The van der Waals surface area contributed by atoms with E-state index in [4.69, 9.17) is 11.6 Å². The van der Waals surface area contributed by atoms with Gasteiger partial charge in [0.15, 0.2) is 0 Å². The van der Waals surface area contributed by atoms with Crippen LogP contribution in [0.15, 0.2) is 42.5 Å². The van der Waals surface area contributed by atoms with E-state index in [1.54, 1.807) is 4.90 Å². The fraction of sp³-hybridized carbons (Fsp3) is 0.350. The normalized spacial score (nSPS) is 19.7. The Balaban J connectivity index is 1.44. The van der Waals surface area contributed by atoms with Gasteiger partial charge in [0.05, 0.1) is 15.5 Å². The Hall–Kier alpha value is -2.44. The molecule has 1 atom stereocenters. The summed E-state index contributed by atoms with van der Waals surface area (Å²) in [5.41, 5.74) is 3.00. The van der Waals surface area contributed by atoms with Crippen molar-refractivity contribution < 1.29 is 9.72 Å². The number of non-ortho nitro benzene ring substituents is 1. The number of carbonyl (C=O) groups excluding carboxylic acids is 1. The van der Waals surface area contributed by atoms with Crippen molar-refractivity contribution >= 4 is 23.2 Å². The molecule has 2 aromatic carbocycles. The van der Waals surface area contributed by atoms with E-state index < -0.39 is 4.92 Å². The molecule has 0 spiro atoms. The second kappa shape index (κ2) is 7.29. The quantitative estimate of drug-likeness (QED) is 0.599. The summed E-state index contributed by atoms with van der Waals surface area (Å²) in [5.74, 6) is -0.158. The van der Waals surface area contributed by atoms with Crippen LogP contribution in [0.1, 0.15) is 27.9 Å². The average molecular weight is 386 g/mol. The minimum atomic E-state index is -0.514. The molecule has 1 fully saturated rings. The zero-order valence-corrected chi connectivity index (χ0v) is 15.6. The number of likely N-dealkylation sites (tertiary alicyclic amines) is 1. The second-order valence-electron chi connectivity index (χ2n) is 7.10. The number of nitro benzene ring substituents is 1. The molecule has 27 heavy (non-hydrogen) atoms. The summed E-state index contributed by atoms with van der Waals surface area (Å²) in [4.78, 5) is 27.4. The largest absolute Gasteiger partial charge is 0.337 e. The molecule has 2 heterocycles. The lowest BCUT2D eigenvalue weighted by molar-refractivity contribution is -0.384. The smallest absolute Gasteiger partial charge is 0.270 e. The van der Waals surface area contributed by atoms with Gasteiger partial charge in [0.25, 0.3) is 11.6 Å². The predicted molar refractivity (Wildman–Crippen MR) is 103 cm³/mol. The third-order valence-electron chi connectivity index (χ3n) is 5.52. The highest BCUT2D eigenvalue weighted by atomic mass is 35.5. The maximum absolute atomic E-state index is 12.8. The topological polar surface area (TPSA) is 66.7 Å². The number of halogens is 1. The van der Waals surface area contributed by atoms with Crippen LogP contribution in [0, 0.1) is 10.1 Å². The Bertz CT molecular complexity index is 902. The Kier molecular flexibility index (Phi) is 4.85. The number of carbonyl (C=O) groups is 1. The van der Waals surface area contributed by atoms with Crippen LogP contribution in [0.2, 0.25) is 5.02 Å². The van der Waals surface area contributed by atoms with Gasteiger partial charge in [0.1, 0.15) is 0 Å². The molecule has 0 saturated carbocycles. The number of hydrogen-bond donors (Lipinski definition) is 0. The molecule has 4 rings (SSSR count). The Morgan fingerprint density at radius 1 is 1.15 bits per heavy atom. The van der Waals surface area contributed by atoms with Crippen LogP contribution in [-0.4, -0.2) is 46.3 Å². The summed E-state index contributed by atoms with van der Waals surface area (Å²) < 4.78 is 0. The first-order valence-corrected chi connectivity index (χ1v) is 9.45. The number of hydrogen-bond acceptors (Lipinski definition) is 4. The molecule has 0 aliphatic carbocycles. The molecule has 2 aliphatic heterocycles. The van der Waals surface area contributed by atoms with E-state index in [1.807, 2.05) is 0 Å². The van der Waals surface area contributed by atoms with E-state index >= 15 is 0 Å². The number of amides is 1. The fourth-order valence-corrected chi connectivity index (χ4v) is 4.27. The highest BCUT2D eigenvalue weighted by Gasteiger charge is 2.33. The molecule has 0 bridgehead atoms. The lowest BCUT2D eigenvalue weighted by atomic mass is 9.98. The average Bonchev–Trinajstić information content (AvgIpc) is 3.17. The van der Waals surface area contributed by atoms with Gasteiger partial charge in [0, 0.05) is 44.4 Å². The van der Waals surface area contributed by atoms with E-state index in [9.17, 15) is 14.9 Å². The highest BCUT2D eigenvalue weighted by molar-refractivity contribution is 6.34. The first-order valence-electron chi connectivity index (χ1n) is 9.07. The first kappa shape index (κ1) is 17.9. The molecule has 1 amide bonds. The molecule has 0 unspecified atom stereocenters. The zero-order chi connectivity index (χ0) is 19.0. The molecule has 2 aromatic rings. The third-order valence-corrected chi connectivity index (χ3v) is 5.83. The summed E-state index contributed by atoms with van der Waals surface area (Å²) in [5, 5.41) is 11.0. The van der Waals surface area contributed by atoms with Crippen LogP contribution in [0.5, 0.6) is 0 Å². The van der Waals surface area contributed by atoms with E-state index in [0.29, 0.717) is 24.7 Å². The lowest BCUT2D eigenvalue weighted by Crippen LogP contribution is -2.41. The van der Waals surface area contributed by atoms with Crippen molar-refractivity contribution in [2.45, 2.75) is 25.4 Å². The Morgan fingerprint density at radius 2 is 1.93 bits per heavy atom. The molecule has 7 heteroatoms. The number of nitro groups is 1. The van der Waals surface area contributed by atoms with Gasteiger partial charge in [-0.15, -0.1) is 0 Å². The van der Waals surface area contributed by atoms with E-state index in [1.165, 1.54) is 29.3 Å². The maximum atomic E-state index is 12.8. The summed E-state index contributed by atoms with van der Waals surface area (Å²) in [6, 6.07) is 12.9. The lowest BCUT2D eigenvalue weighted by Gasteiger charge is -2.33. The fourth-order valence-electron chi connectivity index (χ4n) is 4.01. The summed E-state index contributed by atoms with van der Waals surface area (Å²) in [7, 11) is 0. The molecule has 140 valence electrons. The van der Waals surface area contributed by atoms with Crippen LogP contribution < -0.4 is 0 Å². The SMILES string of the molecule is O=C(c1ccc([N+](=O)[O-])cc1Cl)N1CC[C@H](N2CCc3ccccc3C2)C1. The van der Waals surface area contributed by atoms with Crippen LogP contribution in [-0.2, 0) is 13.0 Å². The number of fused-ring (bicyclic) bond motifs is 1. The highest BCUT2D eigenvalue weighted by Crippen LogP contribution is 2.28. The van der Waals surface area contributed by atoms with Crippen LogP contribution >= 0.6 is 11.6 Å². The Morgan fingerprint density at radius 3 is 2.67 bits per heavy atom. The minimum Gasteiger partial charge on any atom is -0.337 e. The summed E-state index contributed by atoms with van der Waals surface area (Å²) in [6.07, 6.45) is 1.97. The molecule has 0 aromatic heterocycles. The van der Waals surface area contributed by atoms with Crippen LogP contribution in [0.25, 0.3) is 0 Å². The zero-order valence-electron chi connectivity index (χ0n) is 14.8. The van der Waals surface area contributed by atoms with Crippen molar-refractivity contribution in [1.82, 2.24) is 9.80 Å². The molecule has 1 saturated heterocycles. The molecular formula is C20H20ClN3O3. The van der Waals surface area contributed by atoms with Crippen molar-refractivity contribution in [2.24, 2.45) is 0 Å². The van der Waals surface area contributed by atoms with Crippen molar-refractivity contribution in [3.8, 4) is 0 Å². The standard InChI is InChI=1S/C20H20ClN3O3/c21-19-11-16(24(26)27)5-6-18(19)20(25)23-10-8-17(13-23)22-9-7-14-3-1-2-4-15(14)12-22/h1-6,11,17H,7-10,12-13H2/t17-/m0/s1. The molecule has 2 aliphatic rings. The van der Waals surface area contributed by atoms with Gasteiger partial charge < -0.3 is 4.90 Å². The molecule has 6 nitrogen and oxygen atoms in total. The first-order chi connectivity index (χ1) is 13.0. The monoisotopic (exact) mass is 385 g/mol. The maximum Gasteiger partial charge on any atom is 0.270 e. The van der Waals surface area contributed by atoms with Gasteiger partial charge >= 0.3 is 0 Å². The van der Waals surface area contributed by atoms with Gasteiger partial charge in [-0.3, -0.25) is 19.8 Å². The van der Waals surface area contributed by atoms with E-state index in [2.05, 4.69) is 29.2 Å². The van der Waals surface area contributed by atoms with Crippen molar-refractivity contribution in [3.63, 3.8) is 0 Å². The molecular weight excluding hydrogens is 366 g/mol. The molecule has 0 N–H and O–H groups in total. The third kappa shape index (κ3) is 3.55. The van der Waals surface area contributed by atoms with Gasteiger partial charge in [-0.05, 0) is 30.0 Å². The van der Waals surface area contributed by atoms with Crippen molar-refractivity contribution in [1.29, 1.82) is 0 Å². The number of rotatable bonds is 3. The van der Waals surface area contributed by atoms with Gasteiger partial charge in [-0.2, -0.15) is 0 Å². The minimum absolute atomic E-state index is 0.108. The van der Waals surface area contributed by atoms with Gasteiger partial charge in [-0.25, -0.2) is 0 Å². The van der Waals surface area contributed by atoms with E-state index in [0.717, 1.165) is 25.9 Å². The van der Waals surface area contributed by atoms with Crippen LogP contribution in [0.3, 0.4) is 0 Å². The van der Waals surface area contributed by atoms with Crippen molar-refractivity contribution in [3.05, 3.63) is 74.3 Å². The van der Waals surface area contributed by atoms with Crippen LogP contribution in [0.4, 0.5) is 5.69 Å². The van der Waals surface area contributed by atoms with E-state index in [-0.39, 0.29) is 16.6 Å².